The van der Waals surface area contributed by atoms with E-state index in [0.29, 0.717) is 45.3 Å². The highest BCUT2D eigenvalue weighted by atomic mass is 16.5. The molecule has 44 heavy (non-hydrogen) atoms. The molecule has 0 saturated carbocycles. The van der Waals surface area contributed by atoms with Gasteiger partial charge in [-0.25, -0.2) is 0 Å². The molecule has 234 valence electrons. The van der Waals surface area contributed by atoms with Crippen molar-refractivity contribution in [3.05, 3.63) is 59.8 Å². The zero-order valence-electron chi connectivity index (χ0n) is 25.8. The Bertz CT molecular complexity index is 1480. The molecule has 0 atom stereocenters. The van der Waals surface area contributed by atoms with Crippen LogP contribution in [0.4, 0.5) is 11.5 Å². The van der Waals surface area contributed by atoms with Crippen molar-refractivity contribution in [2.75, 3.05) is 82.0 Å². The smallest absolute Gasteiger partial charge is 0.318 e. The third-order valence-corrected chi connectivity index (χ3v) is 8.91. The van der Waals surface area contributed by atoms with Crippen LogP contribution in [0, 0.1) is 6.92 Å². The number of benzene rings is 2. The molecule has 2 saturated heterocycles. The minimum absolute atomic E-state index is 0.0332. The number of anilines is 2. The van der Waals surface area contributed by atoms with E-state index in [4.69, 9.17) is 19.4 Å². The van der Waals surface area contributed by atoms with Gasteiger partial charge in [-0.05, 0) is 56.7 Å². The number of amides is 1. The molecule has 0 aliphatic carbocycles. The van der Waals surface area contributed by atoms with Crippen molar-refractivity contribution in [3.63, 3.8) is 0 Å². The third kappa shape index (κ3) is 6.92. The van der Waals surface area contributed by atoms with Gasteiger partial charge in [-0.3, -0.25) is 4.79 Å². The van der Waals surface area contributed by atoms with E-state index in [1.165, 1.54) is 6.08 Å². The van der Waals surface area contributed by atoms with E-state index in [2.05, 4.69) is 46.4 Å². The quantitative estimate of drug-likeness (QED) is 0.305. The van der Waals surface area contributed by atoms with Crippen LogP contribution in [-0.2, 0) is 22.5 Å². The van der Waals surface area contributed by atoms with Gasteiger partial charge in [0.2, 0.25) is 5.91 Å². The number of aryl methyl sites for hydroxylation is 1. The monoisotopic (exact) mass is 600 g/mol. The Hall–Kier alpha value is -3.89. The van der Waals surface area contributed by atoms with Crippen LogP contribution in [0.3, 0.4) is 0 Å². The minimum Gasteiger partial charge on any atom is -0.508 e. The van der Waals surface area contributed by atoms with Gasteiger partial charge >= 0.3 is 6.01 Å². The maximum Gasteiger partial charge on any atom is 0.318 e. The van der Waals surface area contributed by atoms with Gasteiger partial charge in [-0.1, -0.05) is 30.3 Å². The van der Waals surface area contributed by atoms with E-state index < -0.39 is 0 Å². The number of aromatic hydroxyl groups is 1. The minimum atomic E-state index is -0.0332. The molecule has 1 aromatic heterocycles. The second-order valence-corrected chi connectivity index (χ2v) is 12.0. The van der Waals surface area contributed by atoms with Gasteiger partial charge in [0.05, 0.1) is 25.5 Å². The topological polar surface area (TPSA) is 94.5 Å². The van der Waals surface area contributed by atoms with E-state index in [1.807, 2.05) is 17.0 Å². The van der Waals surface area contributed by atoms with Crippen molar-refractivity contribution in [2.24, 2.45) is 0 Å². The summed E-state index contributed by atoms with van der Waals surface area (Å²) in [5.41, 5.74) is 4.25. The molecular weight excluding hydrogens is 556 g/mol. The highest BCUT2D eigenvalue weighted by Crippen LogP contribution is 2.36. The fourth-order valence-corrected chi connectivity index (χ4v) is 6.53. The summed E-state index contributed by atoms with van der Waals surface area (Å²) in [6, 6.07) is 10.4. The Labute approximate surface area is 259 Å². The number of rotatable bonds is 8. The van der Waals surface area contributed by atoms with E-state index in [0.717, 1.165) is 104 Å². The zero-order valence-corrected chi connectivity index (χ0v) is 25.8. The summed E-state index contributed by atoms with van der Waals surface area (Å²) in [4.78, 5) is 31.0. The number of aromatic nitrogens is 2. The first-order chi connectivity index (χ1) is 21.5. The highest BCUT2D eigenvalue weighted by molar-refractivity contribution is 5.96. The summed E-state index contributed by atoms with van der Waals surface area (Å²) in [7, 11) is 0. The predicted molar refractivity (Wildman–Crippen MR) is 173 cm³/mol. The molecule has 0 radical (unpaired) electrons. The zero-order chi connectivity index (χ0) is 30.5. The molecule has 1 amide bonds. The van der Waals surface area contributed by atoms with Crippen LogP contribution in [0.25, 0.3) is 10.8 Å². The van der Waals surface area contributed by atoms with Crippen LogP contribution in [0.2, 0.25) is 0 Å². The number of carbonyl (C=O) groups excluding carboxylic acids is 1. The summed E-state index contributed by atoms with van der Waals surface area (Å²) in [5.74, 6) is 1.14. The summed E-state index contributed by atoms with van der Waals surface area (Å²) in [5, 5.41) is 12.7. The van der Waals surface area contributed by atoms with Gasteiger partial charge in [-0.15, -0.1) is 0 Å². The summed E-state index contributed by atoms with van der Waals surface area (Å²) >= 11 is 0. The van der Waals surface area contributed by atoms with E-state index in [-0.39, 0.29) is 11.7 Å². The SMILES string of the molecule is C=CC(=O)N1CCN(c2nc(OCCCN3CCCCOCC3)nc3c2CCN(c2cc(O)cc4cc(C)ccc24)C3)CC1. The lowest BCUT2D eigenvalue weighted by Crippen LogP contribution is -2.49. The Morgan fingerprint density at radius 1 is 1.02 bits per heavy atom. The third-order valence-electron chi connectivity index (χ3n) is 8.91. The number of ether oxygens (including phenoxy) is 2. The molecule has 3 aromatic rings. The van der Waals surface area contributed by atoms with E-state index >= 15 is 0 Å². The van der Waals surface area contributed by atoms with Crippen LogP contribution in [0.1, 0.15) is 36.1 Å². The fourth-order valence-electron chi connectivity index (χ4n) is 6.53. The van der Waals surface area contributed by atoms with Crippen LogP contribution in [0.5, 0.6) is 11.8 Å². The van der Waals surface area contributed by atoms with Gasteiger partial charge in [0, 0.05) is 75.1 Å². The first-order valence-electron chi connectivity index (χ1n) is 16.0. The second kappa shape index (κ2) is 13.8. The number of carbonyl (C=O) groups is 1. The number of nitrogens with zero attached hydrogens (tertiary/aromatic N) is 6. The standard InChI is InChI=1S/C34H44N6O4/c1-3-32(42)38-13-15-39(16-14-38)33-29-9-12-40(31-23-27(41)22-26-21-25(2)7-8-28(26)31)24-30(29)35-34(36-33)44-19-6-11-37-10-4-5-18-43-20-17-37/h3,7-8,21-23,41H,1,4-6,9-20,24H2,2H3. The molecule has 3 aliphatic heterocycles. The molecule has 3 aliphatic rings. The van der Waals surface area contributed by atoms with Crippen LogP contribution in [0.15, 0.2) is 43.0 Å². The van der Waals surface area contributed by atoms with Gasteiger partial charge in [0.1, 0.15) is 11.6 Å². The molecule has 10 heteroatoms. The molecule has 0 spiro atoms. The van der Waals surface area contributed by atoms with Crippen LogP contribution >= 0.6 is 0 Å². The average Bonchev–Trinajstić information content (AvgIpc) is 3.02. The first-order valence-corrected chi connectivity index (χ1v) is 16.0. The van der Waals surface area contributed by atoms with Gasteiger partial charge in [-0.2, -0.15) is 9.97 Å². The highest BCUT2D eigenvalue weighted by Gasteiger charge is 2.29. The average molecular weight is 601 g/mol. The second-order valence-electron chi connectivity index (χ2n) is 12.0. The number of hydrogen-bond acceptors (Lipinski definition) is 9. The molecule has 0 bridgehead atoms. The van der Waals surface area contributed by atoms with Crippen molar-refractivity contribution in [1.82, 2.24) is 19.8 Å². The Morgan fingerprint density at radius 3 is 2.73 bits per heavy atom. The lowest BCUT2D eigenvalue weighted by molar-refractivity contribution is -0.126. The van der Waals surface area contributed by atoms with Gasteiger partial charge in [0.25, 0.3) is 0 Å². The number of phenolic OH excluding ortho intramolecular Hbond substituents is 1. The van der Waals surface area contributed by atoms with Crippen molar-refractivity contribution >= 4 is 28.2 Å². The lowest BCUT2D eigenvalue weighted by Gasteiger charge is -2.38. The summed E-state index contributed by atoms with van der Waals surface area (Å²) < 4.78 is 11.9. The van der Waals surface area contributed by atoms with Crippen molar-refractivity contribution < 1.29 is 19.4 Å². The van der Waals surface area contributed by atoms with Crippen molar-refractivity contribution in [1.29, 1.82) is 0 Å². The van der Waals surface area contributed by atoms with E-state index in [9.17, 15) is 9.90 Å². The molecule has 1 N–H and O–H groups in total. The molecule has 6 rings (SSSR count). The Kier molecular flexibility index (Phi) is 9.47. The van der Waals surface area contributed by atoms with Crippen molar-refractivity contribution in [3.8, 4) is 11.8 Å². The maximum absolute atomic E-state index is 12.2. The summed E-state index contributed by atoms with van der Waals surface area (Å²) in [6.07, 6.45) is 5.32. The number of fused-ring (bicyclic) bond motifs is 2. The van der Waals surface area contributed by atoms with Crippen LogP contribution in [-0.4, -0.2) is 103 Å². The number of phenols is 1. The Balaban J connectivity index is 1.23. The lowest BCUT2D eigenvalue weighted by atomic mass is 10.0. The van der Waals surface area contributed by atoms with Gasteiger partial charge in [0.15, 0.2) is 0 Å². The largest absolute Gasteiger partial charge is 0.508 e. The molecule has 0 unspecified atom stereocenters. The van der Waals surface area contributed by atoms with Crippen LogP contribution < -0.4 is 14.5 Å². The van der Waals surface area contributed by atoms with Gasteiger partial charge < -0.3 is 34.2 Å². The first kappa shape index (κ1) is 30.1. The van der Waals surface area contributed by atoms with Crippen molar-refractivity contribution in [2.45, 2.75) is 39.2 Å². The molecule has 10 nitrogen and oxygen atoms in total. The summed E-state index contributed by atoms with van der Waals surface area (Å²) in [6.45, 7) is 14.9. The number of piperazine rings is 1. The molecular formula is C34H44N6O4. The maximum atomic E-state index is 12.2. The number of hydrogen-bond donors (Lipinski definition) is 1. The normalized spacial score (nSPS) is 18.1. The van der Waals surface area contributed by atoms with E-state index in [1.54, 1.807) is 0 Å². The molecule has 2 fully saturated rings. The molecule has 4 heterocycles. The fraction of sp³-hybridized carbons (Fsp3) is 0.500. The molecule has 2 aromatic carbocycles. The predicted octanol–water partition coefficient (Wildman–Crippen LogP) is 3.92. The Morgan fingerprint density at radius 2 is 1.89 bits per heavy atom.